The van der Waals surface area contributed by atoms with E-state index in [2.05, 4.69) is 44.7 Å². The van der Waals surface area contributed by atoms with Crippen molar-refractivity contribution < 1.29 is 14.0 Å². The van der Waals surface area contributed by atoms with Crippen LogP contribution in [0.1, 0.15) is 35.8 Å². The van der Waals surface area contributed by atoms with E-state index in [0.717, 1.165) is 13.1 Å². The lowest BCUT2D eigenvalue weighted by Crippen LogP contribution is -2.54. The van der Waals surface area contributed by atoms with E-state index in [1.54, 1.807) is 43.6 Å². The van der Waals surface area contributed by atoms with Crippen LogP contribution in [0.15, 0.2) is 47.3 Å². The number of likely N-dealkylation sites (tertiary alicyclic amines) is 1. The molecular formula is C25H24N8O3. The molecule has 2 N–H and O–H groups in total. The molecule has 0 bridgehead atoms. The zero-order valence-corrected chi connectivity index (χ0v) is 20.1. The zero-order valence-electron chi connectivity index (χ0n) is 20.1. The van der Waals surface area contributed by atoms with Crippen LogP contribution in [0.25, 0.3) is 16.6 Å². The Morgan fingerprint density at radius 3 is 2.78 bits per heavy atom. The summed E-state index contributed by atoms with van der Waals surface area (Å²) in [6.45, 7) is 8.16. The topological polar surface area (TPSA) is 141 Å². The molecule has 11 heteroatoms. The minimum absolute atomic E-state index is 0.128. The van der Waals surface area contributed by atoms with Gasteiger partial charge in [-0.2, -0.15) is 5.26 Å². The molecule has 1 aliphatic rings. The van der Waals surface area contributed by atoms with Crippen LogP contribution < -0.4 is 10.6 Å². The summed E-state index contributed by atoms with van der Waals surface area (Å²) in [5.74, 6) is -0.406. The van der Waals surface area contributed by atoms with Crippen LogP contribution in [-0.2, 0) is 4.79 Å². The third kappa shape index (κ3) is 4.54. The summed E-state index contributed by atoms with van der Waals surface area (Å²) >= 11 is 0. The van der Waals surface area contributed by atoms with Gasteiger partial charge in [-0.3, -0.25) is 19.5 Å². The van der Waals surface area contributed by atoms with Gasteiger partial charge in [-0.25, -0.2) is 4.52 Å². The van der Waals surface area contributed by atoms with Gasteiger partial charge in [-0.05, 0) is 30.5 Å². The number of furan rings is 1. The Balaban J connectivity index is 1.30. The van der Waals surface area contributed by atoms with Gasteiger partial charge in [0.25, 0.3) is 5.91 Å². The first-order chi connectivity index (χ1) is 17.2. The second kappa shape index (κ2) is 8.90. The Bertz CT molecular complexity index is 1520. The molecule has 4 aromatic heterocycles. The van der Waals surface area contributed by atoms with Gasteiger partial charge in [-0.15, -0.1) is 5.10 Å². The van der Waals surface area contributed by atoms with E-state index in [-0.39, 0.29) is 22.8 Å². The number of nitrogens with zero attached hydrogens (tertiary/aromatic N) is 6. The fourth-order valence-corrected chi connectivity index (χ4v) is 4.43. The highest BCUT2D eigenvalue weighted by molar-refractivity contribution is 6.08. The number of hydrogen-bond donors (Lipinski definition) is 2. The number of aryl methyl sites for hydroxylation is 1. The molecular weight excluding hydrogens is 460 g/mol. The standard InChI is InChI=1S/C25H24N8O3/c1-15-19(8-17(10-27-15)28-22(34)12-32-13-25(2,3)14-32)29-24(35)23-20-5-4-16(11-33(20)31-30-23)18-6-7-36-21(18)9-26/h4-8,10-11H,12-14H2,1-3H3,(H,28,34)(H,29,35). The molecule has 36 heavy (non-hydrogen) atoms. The summed E-state index contributed by atoms with van der Waals surface area (Å²) in [5.41, 5.74) is 3.73. The summed E-state index contributed by atoms with van der Waals surface area (Å²) in [5, 5.41) is 22.9. The van der Waals surface area contributed by atoms with Crippen molar-refractivity contribution in [3.05, 3.63) is 60.1 Å². The van der Waals surface area contributed by atoms with Gasteiger partial charge in [0.1, 0.15) is 6.07 Å². The van der Waals surface area contributed by atoms with Crippen LogP contribution >= 0.6 is 0 Å². The Kier molecular flexibility index (Phi) is 5.74. The molecule has 0 saturated carbocycles. The van der Waals surface area contributed by atoms with Gasteiger partial charge in [0.2, 0.25) is 11.7 Å². The van der Waals surface area contributed by atoms with E-state index in [1.807, 2.05) is 6.07 Å². The number of nitriles is 1. The maximum absolute atomic E-state index is 13.0. The molecule has 0 unspecified atom stereocenters. The number of rotatable bonds is 6. The van der Waals surface area contributed by atoms with Gasteiger partial charge < -0.3 is 15.1 Å². The summed E-state index contributed by atoms with van der Waals surface area (Å²) in [7, 11) is 0. The molecule has 1 fully saturated rings. The molecule has 5 heterocycles. The number of carbonyl (C=O) groups excluding carboxylic acids is 2. The van der Waals surface area contributed by atoms with E-state index in [9.17, 15) is 14.9 Å². The lowest BCUT2D eigenvalue weighted by molar-refractivity contribution is -0.120. The van der Waals surface area contributed by atoms with E-state index >= 15 is 0 Å². The van der Waals surface area contributed by atoms with Crippen LogP contribution in [0.4, 0.5) is 11.4 Å². The highest BCUT2D eigenvalue weighted by Crippen LogP contribution is 2.28. The molecule has 4 aromatic rings. The van der Waals surface area contributed by atoms with Crippen molar-refractivity contribution in [2.24, 2.45) is 5.41 Å². The van der Waals surface area contributed by atoms with E-state index in [0.29, 0.717) is 40.3 Å². The van der Waals surface area contributed by atoms with Crippen molar-refractivity contribution >= 4 is 28.7 Å². The monoisotopic (exact) mass is 484 g/mol. The average Bonchev–Trinajstić information content (AvgIpc) is 3.46. The molecule has 0 spiro atoms. The maximum atomic E-state index is 13.0. The van der Waals surface area contributed by atoms with Gasteiger partial charge in [0, 0.05) is 30.4 Å². The molecule has 182 valence electrons. The van der Waals surface area contributed by atoms with Crippen LogP contribution in [0.2, 0.25) is 0 Å². The third-order valence-corrected chi connectivity index (χ3v) is 5.99. The number of hydrogen-bond acceptors (Lipinski definition) is 8. The highest BCUT2D eigenvalue weighted by Gasteiger charge is 2.34. The Morgan fingerprint density at radius 2 is 2.03 bits per heavy atom. The molecule has 0 aliphatic carbocycles. The van der Waals surface area contributed by atoms with Crippen molar-refractivity contribution in [3.63, 3.8) is 0 Å². The third-order valence-electron chi connectivity index (χ3n) is 5.99. The molecule has 11 nitrogen and oxygen atoms in total. The number of anilines is 2. The number of carbonyl (C=O) groups is 2. The number of pyridine rings is 2. The van der Waals surface area contributed by atoms with Crippen molar-refractivity contribution in [1.82, 2.24) is 24.7 Å². The number of amides is 2. The Hall–Kier alpha value is -4.56. The molecule has 1 saturated heterocycles. The van der Waals surface area contributed by atoms with Crippen molar-refractivity contribution in [3.8, 4) is 17.2 Å². The van der Waals surface area contributed by atoms with E-state index in [1.165, 1.54) is 10.8 Å². The lowest BCUT2D eigenvalue weighted by Gasteiger charge is -2.45. The molecule has 1 aliphatic heterocycles. The van der Waals surface area contributed by atoms with Crippen LogP contribution in [-0.4, -0.2) is 56.2 Å². The number of nitrogens with one attached hydrogen (secondary N) is 2. The zero-order chi connectivity index (χ0) is 25.4. The number of fused-ring (bicyclic) bond motifs is 1. The summed E-state index contributed by atoms with van der Waals surface area (Å²) < 4.78 is 6.63. The van der Waals surface area contributed by atoms with Crippen LogP contribution in [0.3, 0.4) is 0 Å². The Labute approximate surface area is 206 Å². The van der Waals surface area contributed by atoms with Crippen molar-refractivity contribution in [2.75, 3.05) is 30.3 Å². The van der Waals surface area contributed by atoms with Crippen LogP contribution in [0, 0.1) is 23.7 Å². The summed E-state index contributed by atoms with van der Waals surface area (Å²) in [4.78, 5) is 31.8. The first kappa shape index (κ1) is 23.2. The minimum atomic E-state index is -0.463. The van der Waals surface area contributed by atoms with Crippen molar-refractivity contribution in [1.29, 1.82) is 5.26 Å². The quantitative estimate of drug-likeness (QED) is 0.425. The molecule has 0 atom stereocenters. The fourth-order valence-electron chi connectivity index (χ4n) is 4.43. The summed E-state index contributed by atoms with van der Waals surface area (Å²) in [6.07, 6.45) is 4.67. The molecule has 5 rings (SSSR count). The SMILES string of the molecule is Cc1ncc(NC(=O)CN2CC(C)(C)C2)cc1NC(=O)c1nnn2cc(-c3ccoc3C#N)ccc12. The molecule has 0 radical (unpaired) electrons. The molecule has 0 aromatic carbocycles. The molecule has 2 amide bonds. The largest absolute Gasteiger partial charge is 0.453 e. The smallest absolute Gasteiger partial charge is 0.278 e. The van der Waals surface area contributed by atoms with E-state index < -0.39 is 5.91 Å². The van der Waals surface area contributed by atoms with E-state index in [4.69, 9.17) is 4.42 Å². The first-order valence-electron chi connectivity index (χ1n) is 11.4. The Morgan fingerprint density at radius 1 is 1.22 bits per heavy atom. The van der Waals surface area contributed by atoms with Gasteiger partial charge in [0.05, 0.1) is 41.6 Å². The maximum Gasteiger partial charge on any atom is 0.278 e. The fraction of sp³-hybridized carbons (Fsp3) is 0.280. The predicted octanol–water partition coefficient (Wildman–Crippen LogP) is 3.10. The highest BCUT2D eigenvalue weighted by atomic mass is 16.3. The second-order valence-electron chi connectivity index (χ2n) is 9.63. The van der Waals surface area contributed by atoms with Crippen LogP contribution in [0.5, 0.6) is 0 Å². The van der Waals surface area contributed by atoms with Gasteiger partial charge >= 0.3 is 0 Å². The summed E-state index contributed by atoms with van der Waals surface area (Å²) in [6, 6.07) is 8.84. The van der Waals surface area contributed by atoms with Gasteiger partial charge in [0.15, 0.2) is 5.69 Å². The normalized spacial score (nSPS) is 14.7. The number of aromatic nitrogens is 4. The van der Waals surface area contributed by atoms with Crippen molar-refractivity contribution in [2.45, 2.75) is 20.8 Å². The predicted molar refractivity (Wildman–Crippen MR) is 131 cm³/mol. The minimum Gasteiger partial charge on any atom is -0.453 e. The second-order valence-corrected chi connectivity index (χ2v) is 9.63. The average molecular weight is 485 g/mol. The van der Waals surface area contributed by atoms with Gasteiger partial charge in [-0.1, -0.05) is 25.1 Å². The lowest BCUT2D eigenvalue weighted by atomic mass is 9.84. The first-order valence-corrected chi connectivity index (χ1v) is 11.4.